The van der Waals surface area contributed by atoms with Gasteiger partial charge in [0.25, 0.3) is 11.5 Å². The third-order valence-electron chi connectivity index (χ3n) is 4.29. The number of hydrogen-bond acceptors (Lipinski definition) is 6. The summed E-state index contributed by atoms with van der Waals surface area (Å²) in [5.41, 5.74) is 1.90. The SMILES string of the molecule is Cc1onc(-c2ccccc2Cl)c1C(=O)NCCn1cnc2ccsc2c1=O. The number of benzene rings is 1. The molecule has 3 aromatic heterocycles. The van der Waals surface area contributed by atoms with Gasteiger partial charge in [-0.15, -0.1) is 11.3 Å². The van der Waals surface area contributed by atoms with Crippen LogP contribution < -0.4 is 10.9 Å². The number of carbonyl (C=O) groups excluding carboxylic acids is 1. The molecule has 4 rings (SSSR count). The van der Waals surface area contributed by atoms with Gasteiger partial charge < -0.3 is 9.84 Å². The van der Waals surface area contributed by atoms with Crippen molar-refractivity contribution in [3.05, 3.63) is 68.7 Å². The molecule has 3 heterocycles. The van der Waals surface area contributed by atoms with Crippen LogP contribution in [0.4, 0.5) is 0 Å². The first-order valence-corrected chi connectivity index (χ1v) is 9.74. The maximum absolute atomic E-state index is 12.7. The number of amides is 1. The first-order chi connectivity index (χ1) is 13.6. The van der Waals surface area contributed by atoms with Crippen LogP contribution in [0, 0.1) is 6.92 Å². The van der Waals surface area contributed by atoms with E-state index < -0.39 is 0 Å². The zero-order valence-electron chi connectivity index (χ0n) is 14.8. The molecule has 0 bridgehead atoms. The third kappa shape index (κ3) is 3.32. The van der Waals surface area contributed by atoms with E-state index in [0.29, 0.717) is 44.4 Å². The van der Waals surface area contributed by atoms with Gasteiger partial charge in [0.2, 0.25) is 0 Å². The van der Waals surface area contributed by atoms with Crippen LogP contribution in [0.2, 0.25) is 5.02 Å². The Morgan fingerprint density at radius 2 is 2.14 bits per heavy atom. The van der Waals surface area contributed by atoms with Crippen LogP contribution in [0.1, 0.15) is 16.1 Å². The molecule has 28 heavy (non-hydrogen) atoms. The van der Waals surface area contributed by atoms with Crippen molar-refractivity contribution in [1.82, 2.24) is 20.0 Å². The highest BCUT2D eigenvalue weighted by Crippen LogP contribution is 2.30. The van der Waals surface area contributed by atoms with E-state index in [-0.39, 0.29) is 18.0 Å². The van der Waals surface area contributed by atoms with Gasteiger partial charge >= 0.3 is 0 Å². The largest absolute Gasteiger partial charge is 0.360 e. The zero-order chi connectivity index (χ0) is 19.7. The minimum Gasteiger partial charge on any atom is -0.360 e. The van der Waals surface area contributed by atoms with E-state index in [0.717, 1.165) is 0 Å². The fourth-order valence-corrected chi connectivity index (χ4v) is 3.91. The second-order valence-electron chi connectivity index (χ2n) is 6.08. The monoisotopic (exact) mass is 414 g/mol. The second kappa shape index (κ2) is 7.57. The normalized spacial score (nSPS) is 11.1. The van der Waals surface area contributed by atoms with E-state index in [2.05, 4.69) is 15.5 Å². The second-order valence-corrected chi connectivity index (χ2v) is 7.40. The molecular weight excluding hydrogens is 400 g/mol. The van der Waals surface area contributed by atoms with Crippen LogP contribution in [0.15, 0.2) is 51.4 Å². The van der Waals surface area contributed by atoms with Crippen LogP contribution in [0.25, 0.3) is 21.5 Å². The molecule has 0 unspecified atom stereocenters. The fourth-order valence-electron chi connectivity index (χ4n) is 2.89. The molecule has 1 aromatic carbocycles. The molecule has 0 radical (unpaired) electrons. The van der Waals surface area contributed by atoms with Crippen LogP contribution in [-0.4, -0.2) is 27.2 Å². The number of rotatable bonds is 5. The minimum atomic E-state index is -0.341. The van der Waals surface area contributed by atoms with Gasteiger partial charge in [0.15, 0.2) is 0 Å². The van der Waals surface area contributed by atoms with E-state index in [9.17, 15) is 9.59 Å². The first kappa shape index (κ1) is 18.4. The molecule has 0 aliphatic heterocycles. The Labute approximate surface area is 168 Å². The summed E-state index contributed by atoms with van der Waals surface area (Å²) in [6.07, 6.45) is 1.49. The minimum absolute atomic E-state index is 0.118. The molecule has 7 nitrogen and oxygen atoms in total. The quantitative estimate of drug-likeness (QED) is 0.539. The van der Waals surface area contributed by atoms with Gasteiger partial charge in [-0.05, 0) is 24.4 Å². The van der Waals surface area contributed by atoms with E-state index in [4.69, 9.17) is 16.1 Å². The molecule has 0 fully saturated rings. The van der Waals surface area contributed by atoms with Gasteiger partial charge in [-0.1, -0.05) is 35.0 Å². The number of carbonyl (C=O) groups is 1. The zero-order valence-corrected chi connectivity index (χ0v) is 16.4. The van der Waals surface area contributed by atoms with Crippen molar-refractivity contribution in [2.45, 2.75) is 13.5 Å². The molecule has 0 spiro atoms. The summed E-state index contributed by atoms with van der Waals surface area (Å²) in [6.45, 7) is 2.22. The fraction of sp³-hybridized carbons (Fsp3) is 0.158. The topological polar surface area (TPSA) is 90.0 Å². The lowest BCUT2D eigenvalue weighted by Crippen LogP contribution is -2.31. The van der Waals surface area contributed by atoms with Crippen molar-refractivity contribution < 1.29 is 9.32 Å². The smallest absolute Gasteiger partial charge is 0.271 e. The maximum Gasteiger partial charge on any atom is 0.271 e. The number of halogens is 1. The Hall–Kier alpha value is -2.97. The summed E-state index contributed by atoms with van der Waals surface area (Å²) in [7, 11) is 0. The lowest BCUT2D eigenvalue weighted by Gasteiger charge is -2.08. The van der Waals surface area contributed by atoms with Crippen molar-refractivity contribution in [1.29, 1.82) is 0 Å². The first-order valence-electron chi connectivity index (χ1n) is 8.48. The Morgan fingerprint density at radius 1 is 1.32 bits per heavy atom. The molecule has 0 saturated carbocycles. The van der Waals surface area contributed by atoms with Gasteiger partial charge in [0.05, 0.1) is 16.9 Å². The number of aryl methyl sites for hydroxylation is 1. The van der Waals surface area contributed by atoms with E-state index in [1.165, 1.54) is 22.2 Å². The van der Waals surface area contributed by atoms with Crippen molar-refractivity contribution in [2.75, 3.05) is 6.54 Å². The number of nitrogens with one attached hydrogen (secondary N) is 1. The molecule has 0 saturated heterocycles. The third-order valence-corrected chi connectivity index (χ3v) is 5.51. The Bertz CT molecular complexity index is 1230. The van der Waals surface area contributed by atoms with Gasteiger partial charge in [0.1, 0.15) is 21.7 Å². The maximum atomic E-state index is 12.7. The van der Waals surface area contributed by atoms with Crippen LogP contribution in [0.3, 0.4) is 0 Å². The molecule has 9 heteroatoms. The van der Waals surface area contributed by atoms with E-state index >= 15 is 0 Å². The summed E-state index contributed by atoms with van der Waals surface area (Å²) in [5.74, 6) is 0.0538. The van der Waals surface area contributed by atoms with Crippen LogP contribution >= 0.6 is 22.9 Å². The van der Waals surface area contributed by atoms with E-state index in [1.54, 1.807) is 31.2 Å². The molecule has 0 aliphatic rings. The molecule has 4 aromatic rings. The highest BCUT2D eigenvalue weighted by Gasteiger charge is 2.22. The van der Waals surface area contributed by atoms with E-state index in [1.807, 2.05) is 11.4 Å². The molecule has 142 valence electrons. The summed E-state index contributed by atoms with van der Waals surface area (Å²) >= 11 is 7.58. The molecule has 0 atom stereocenters. The lowest BCUT2D eigenvalue weighted by molar-refractivity contribution is 0.0951. The molecule has 0 aliphatic carbocycles. The number of fused-ring (bicyclic) bond motifs is 1. The predicted molar refractivity (Wildman–Crippen MR) is 108 cm³/mol. The van der Waals surface area contributed by atoms with Crippen molar-refractivity contribution in [2.24, 2.45) is 0 Å². The summed E-state index contributed by atoms with van der Waals surface area (Å²) in [6, 6.07) is 8.92. The van der Waals surface area contributed by atoms with Crippen molar-refractivity contribution in [3.8, 4) is 11.3 Å². The van der Waals surface area contributed by atoms with Crippen LogP contribution in [-0.2, 0) is 6.54 Å². The summed E-state index contributed by atoms with van der Waals surface area (Å²) < 4.78 is 7.30. The van der Waals surface area contributed by atoms with Crippen LogP contribution in [0.5, 0.6) is 0 Å². The number of hydrogen-bond donors (Lipinski definition) is 1. The average Bonchev–Trinajstić information content (AvgIpc) is 3.31. The predicted octanol–water partition coefficient (Wildman–Crippen LogP) is 3.50. The number of nitrogens with zero attached hydrogens (tertiary/aromatic N) is 3. The Kier molecular flexibility index (Phi) is 4.97. The average molecular weight is 415 g/mol. The number of thiophene rings is 1. The summed E-state index contributed by atoms with van der Waals surface area (Å²) in [4.78, 5) is 29.4. The summed E-state index contributed by atoms with van der Waals surface area (Å²) in [5, 5.41) is 9.11. The van der Waals surface area contributed by atoms with Crippen molar-refractivity contribution in [3.63, 3.8) is 0 Å². The van der Waals surface area contributed by atoms with Gasteiger partial charge in [-0.3, -0.25) is 14.2 Å². The Balaban J connectivity index is 1.52. The van der Waals surface area contributed by atoms with Gasteiger partial charge in [-0.2, -0.15) is 0 Å². The highest BCUT2D eigenvalue weighted by atomic mass is 35.5. The highest BCUT2D eigenvalue weighted by molar-refractivity contribution is 7.17. The standard InChI is InChI=1S/C19H15ClN4O3S/c1-11-15(16(23-27-11)12-4-2-3-5-13(12)20)18(25)21-7-8-24-10-22-14-6-9-28-17(14)19(24)26/h2-6,9-10H,7-8H2,1H3,(H,21,25). The molecular formula is C19H15ClN4O3S. The van der Waals surface area contributed by atoms with Gasteiger partial charge in [-0.25, -0.2) is 4.98 Å². The molecule has 1 N–H and O–H groups in total. The molecule has 1 amide bonds. The van der Waals surface area contributed by atoms with Crippen molar-refractivity contribution >= 4 is 39.1 Å². The Morgan fingerprint density at radius 3 is 2.96 bits per heavy atom. The lowest BCUT2D eigenvalue weighted by atomic mass is 10.1. The van der Waals surface area contributed by atoms with Gasteiger partial charge in [0, 0.05) is 18.7 Å². The number of aromatic nitrogens is 3.